The number of halogens is 1. The number of carbonyl (C=O) groups is 1. The first-order valence-corrected chi connectivity index (χ1v) is 10.8. The number of hydrogen-bond donors (Lipinski definition) is 2. The molecule has 4 aromatic rings. The van der Waals surface area contributed by atoms with Gasteiger partial charge in [-0.15, -0.1) is 0 Å². The van der Waals surface area contributed by atoms with Crippen molar-refractivity contribution in [3.8, 4) is 11.8 Å². The minimum atomic E-state index is -0.849. The Morgan fingerprint density at radius 2 is 2.06 bits per heavy atom. The number of hydrogen-bond acceptors (Lipinski definition) is 8. The van der Waals surface area contributed by atoms with Gasteiger partial charge in [0.05, 0.1) is 23.5 Å². The minimum Gasteiger partial charge on any atom is -0.501 e. The van der Waals surface area contributed by atoms with Crippen molar-refractivity contribution in [3.05, 3.63) is 86.9 Å². The van der Waals surface area contributed by atoms with Crippen molar-refractivity contribution in [2.45, 2.75) is 25.7 Å². The Morgan fingerprint density at radius 1 is 1.31 bits per heavy atom. The van der Waals surface area contributed by atoms with Gasteiger partial charge in [0.15, 0.2) is 5.69 Å². The number of nitriles is 1. The molecule has 2 N–H and O–H groups in total. The molecule has 0 aliphatic rings. The zero-order chi connectivity index (χ0) is 26.1. The molecule has 1 amide bonds. The second-order valence-corrected chi connectivity index (χ2v) is 8.34. The molecule has 0 radical (unpaired) electrons. The Kier molecular flexibility index (Phi) is 6.39. The lowest BCUT2D eigenvalue weighted by molar-refractivity contribution is 0.101. The number of benzene rings is 1. The number of anilines is 1. The van der Waals surface area contributed by atoms with Crippen molar-refractivity contribution in [2.75, 3.05) is 5.32 Å². The lowest BCUT2D eigenvalue weighted by atomic mass is 9.81. The fourth-order valence-corrected chi connectivity index (χ4v) is 4.28. The van der Waals surface area contributed by atoms with E-state index in [1.54, 1.807) is 31.6 Å². The van der Waals surface area contributed by atoms with Crippen LogP contribution in [0.2, 0.25) is 0 Å². The molecule has 4 rings (SSSR count). The highest BCUT2D eigenvalue weighted by Gasteiger charge is 2.33. The summed E-state index contributed by atoms with van der Waals surface area (Å²) >= 11 is 0. The fraction of sp³-hybridized carbons (Fsp3) is 0.250. The first-order valence-electron chi connectivity index (χ1n) is 10.8. The zero-order valence-corrected chi connectivity index (χ0v) is 19.9. The molecule has 184 valence electrons. The second-order valence-electron chi connectivity index (χ2n) is 8.34. The van der Waals surface area contributed by atoms with Gasteiger partial charge in [-0.1, -0.05) is 12.1 Å². The molecule has 0 fully saturated rings. The number of nitrogens with one attached hydrogen (secondary N) is 1. The van der Waals surface area contributed by atoms with Crippen LogP contribution in [-0.2, 0) is 14.1 Å². The normalized spacial score (nSPS) is 12.7. The predicted octanol–water partition coefficient (Wildman–Crippen LogP) is 2.71. The number of nitrogens with zero attached hydrogens (tertiary/aromatic N) is 6. The molecule has 0 aliphatic heterocycles. The van der Waals surface area contributed by atoms with E-state index in [2.05, 4.69) is 31.1 Å². The first kappa shape index (κ1) is 24.3. The second kappa shape index (κ2) is 9.46. The summed E-state index contributed by atoms with van der Waals surface area (Å²) < 4.78 is 21.8. The van der Waals surface area contributed by atoms with Crippen LogP contribution < -0.4 is 10.9 Å². The first-order chi connectivity index (χ1) is 17.1. The molecule has 0 saturated heterocycles. The van der Waals surface area contributed by atoms with E-state index in [1.807, 2.05) is 0 Å². The van der Waals surface area contributed by atoms with Crippen LogP contribution in [0.15, 0.2) is 46.0 Å². The Morgan fingerprint density at radius 3 is 2.67 bits per heavy atom. The molecule has 0 saturated carbocycles. The van der Waals surface area contributed by atoms with E-state index in [9.17, 15) is 24.3 Å². The molecule has 0 bridgehead atoms. The fourth-order valence-electron chi connectivity index (χ4n) is 4.28. The van der Waals surface area contributed by atoms with Crippen molar-refractivity contribution in [2.24, 2.45) is 14.1 Å². The largest absolute Gasteiger partial charge is 0.501 e. The predicted molar refractivity (Wildman–Crippen MR) is 125 cm³/mol. The highest BCUT2D eigenvalue weighted by molar-refractivity contribution is 6.04. The highest BCUT2D eigenvalue weighted by Crippen LogP contribution is 2.39. The van der Waals surface area contributed by atoms with Crippen LogP contribution in [-0.4, -0.2) is 35.5 Å². The van der Waals surface area contributed by atoms with Crippen LogP contribution in [0.4, 0.5) is 10.1 Å². The van der Waals surface area contributed by atoms with Crippen molar-refractivity contribution in [1.82, 2.24) is 24.5 Å². The maximum Gasteiger partial charge on any atom is 0.296 e. The van der Waals surface area contributed by atoms with Crippen LogP contribution in [0.5, 0.6) is 5.75 Å². The average molecular weight is 491 g/mol. The third kappa shape index (κ3) is 4.34. The summed E-state index contributed by atoms with van der Waals surface area (Å²) in [7, 11) is 3.12. The average Bonchev–Trinajstić information content (AvgIpc) is 3.46. The van der Waals surface area contributed by atoms with Crippen LogP contribution in [0.1, 0.15) is 57.6 Å². The van der Waals surface area contributed by atoms with Gasteiger partial charge in [0, 0.05) is 31.6 Å². The summed E-state index contributed by atoms with van der Waals surface area (Å²) in [4.78, 5) is 30.1. The van der Waals surface area contributed by atoms with Crippen LogP contribution >= 0.6 is 0 Å². The Hall–Kier alpha value is -4.79. The third-order valence-corrected chi connectivity index (χ3v) is 5.94. The molecular weight excluding hydrogens is 469 g/mol. The van der Waals surface area contributed by atoms with E-state index < -0.39 is 40.6 Å². The van der Waals surface area contributed by atoms with Crippen molar-refractivity contribution >= 4 is 11.6 Å². The summed E-state index contributed by atoms with van der Waals surface area (Å²) in [5.41, 5.74) is 0.800. The molecule has 3 aromatic heterocycles. The Bertz CT molecular complexity index is 1550. The molecule has 11 nitrogen and oxygen atoms in total. The van der Waals surface area contributed by atoms with Crippen molar-refractivity contribution < 1.29 is 18.8 Å². The van der Waals surface area contributed by atoms with Gasteiger partial charge in [0.2, 0.25) is 5.75 Å². The lowest BCUT2D eigenvalue weighted by Crippen LogP contribution is -2.30. The van der Waals surface area contributed by atoms with Gasteiger partial charge in [0.1, 0.15) is 23.6 Å². The summed E-state index contributed by atoms with van der Waals surface area (Å²) in [6.07, 6.45) is 2.42. The molecule has 36 heavy (non-hydrogen) atoms. The van der Waals surface area contributed by atoms with Crippen LogP contribution in [0.25, 0.3) is 0 Å². The monoisotopic (exact) mass is 491 g/mol. The molecule has 2 atom stereocenters. The summed E-state index contributed by atoms with van der Waals surface area (Å²) in [6, 6.07) is 7.73. The number of rotatable bonds is 6. The molecule has 1 aromatic carbocycles. The minimum absolute atomic E-state index is 0.130. The number of carbonyl (C=O) groups excluding carboxylic acids is 1. The quantitative estimate of drug-likeness (QED) is 0.418. The highest BCUT2D eigenvalue weighted by atomic mass is 19.1. The Labute approximate surface area is 204 Å². The van der Waals surface area contributed by atoms with E-state index in [0.29, 0.717) is 17.0 Å². The molecule has 0 unspecified atom stereocenters. The molecule has 0 aliphatic carbocycles. The van der Waals surface area contributed by atoms with Crippen molar-refractivity contribution in [1.29, 1.82) is 5.26 Å². The third-order valence-electron chi connectivity index (χ3n) is 5.94. The number of aromatic nitrogens is 5. The van der Waals surface area contributed by atoms with Crippen LogP contribution in [0, 0.1) is 24.1 Å². The lowest BCUT2D eigenvalue weighted by Gasteiger charge is -2.27. The summed E-state index contributed by atoms with van der Waals surface area (Å²) in [5, 5.41) is 30.5. The molecular formula is C24H22FN7O4. The van der Waals surface area contributed by atoms with Gasteiger partial charge in [0.25, 0.3) is 11.5 Å². The zero-order valence-electron chi connectivity index (χ0n) is 19.9. The van der Waals surface area contributed by atoms with Gasteiger partial charge < -0.3 is 14.9 Å². The standard InChI is InChI=1S/C24H22FN7O4/c1-12-7-18(32(4)30-12)19(17-8-15(25)6-5-14(17)9-26)13(2)22-29-20(21(33)24(35)31(22)3)23(34)28-16-10-27-36-11-16/h5-8,10-11,13,19,33H,1-4H3,(H,28,34)/t13-,19+/m0/s1. The number of amides is 1. The van der Waals surface area contributed by atoms with Crippen LogP contribution in [0.3, 0.4) is 0 Å². The van der Waals surface area contributed by atoms with Crippen molar-refractivity contribution in [3.63, 3.8) is 0 Å². The smallest absolute Gasteiger partial charge is 0.296 e. The molecule has 3 heterocycles. The van der Waals surface area contributed by atoms with E-state index >= 15 is 0 Å². The van der Waals surface area contributed by atoms with Gasteiger partial charge in [-0.2, -0.15) is 10.4 Å². The topological polar surface area (TPSA) is 152 Å². The van der Waals surface area contributed by atoms with E-state index in [-0.39, 0.29) is 17.1 Å². The summed E-state index contributed by atoms with van der Waals surface area (Å²) in [5.74, 6) is -3.45. The Balaban J connectivity index is 1.91. The number of aryl methyl sites for hydroxylation is 2. The summed E-state index contributed by atoms with van der Waals surface area (Å²) in [6.45, 7) is 3.53. The molecule has 0 spiro atoms. The number of aromatic hydroxyl groups is 1. The van der Waals surface area contributed by atoms with Gasteiger partial charge >= 0.3 is 0 Å². The van der Waals surface area contributed by atoms with Gasteiger partial charge in [-0.3, -0.25) is 18.8 Å². The maximum absolute atomic E-state index is 14.4. The molecule has 12 heteroatoms. The van der Waals surface area contributed by atoms with E-state index in [4.69, 9.17) is 0 Å². The van der Waals surface area contributed by atoms with Gasteiger partial charge in [-0.25, -0.2) is 9.37 Å². The van der Waals surface area contributed by atoms with E-state index in [0.717, 1.165) is 4.57 Å². The SMILES string of the molecule is Cc1cc([C@@H](c2cc(F)ccc2C#N)[C@H](C)c2nc(C(=O)Nc3cnoc3)c(O)c(=O)n2C)n(C)n1. The van der Waals surface area contributed by atoms with Gasteiger partial charge in [-0.05, 0) is 36.8 Å². The van der Waals surface area contributed by atoms with E-state index in [1.165, 1.54) is 37.7 Å². The maximum atomic E-state index is 14.4.